The summed E-state index contributed by atoms with van der Waals surface area (Å²) >= 11 is 0. The fourth-order valence-corrected chi connectivity index (χ4v) is 4.55. The lowest BCUT2D eigenvalue weighted by Gasteiger charge is -2.34. The van der Waals surface area contributed by atoms with Crippen molar-refractivity contribution in [2.75, 3.05) is 36.8 Å². The first-order chi connectivity index (χ1) is 15.3. The third kappa shape index (κ3) is 3.75. The molecule has 2 aliphatic rings. The smallest absolute Gasteiger partial charge is 0.382 e. The normalized spacial score (nSPS) is 19.6. The molecule has 0 aliphatic carbocycles. The Morgan fingerprint density at radius 2 is 1.84 bits per heavy atom. The molecule has 0 amide bonds. The predicted molar refractivity (Wildman–Crippen MR) is 115 cm³/mol. The van der Waals surface area contributed by atoms with E-state index in [-0.39, 0.29) is 24.9 Å². The quantitative estimate of drug-likeness (QED) is 0.620. The van der Waals surface area contributed by atoms with Crippen LogP contribution in [0.4, 0.5) is 24.7 Å². The molecule has 5 rings (SSSR count). The summed E-state index contributed by atoms with van der Waals surface area (Å²) < 4.78 is 43.9. The van der Waals surface area contributed by atoms with Crippen LogP contribution >= 0.6 is 0 Å². The summed E-state index contributed by atoms with van der Waals surface area (Å²) in [4.78, 5) is 16.6. The Hall–Kier alpha value is -2.92. The maximum Gasteiger partial charge on any atom is 0.416 e. The number of nitrogen functional groups attached to an aromatic ring is 1. The van der Waals surface area contributed by atoms with E-state index in [1.165, 1.54) is 12.4 Å². The van der Waals surface area contributed by atoms with E-state index in [1.54, 1.807) is 17.0 Å². The average Bonchev–Trinajstić information content (AvgIpc) is 3.32. The van der Waals surface area contributed by atoms with Gasteiger partial charge in [-0.15, -0.1) is 0 Å². The molecule has 0 saturated carbocycles. The minimum atomic E-state index is -4.45. The van der Waals surface area contributed by atoms with Crippen LogP contribution in [0.3, 0.4) is 0 Å². The summed E-state index contributed by atoms with van der Waals surface area (Å²) in [6.45, 7) is 3.37. The van der Waals surface area contributed by atoms with Crippen LogP contribution in [0.2, 0.25) is 0 Å². The van der Waals surface area contributed by atoms with Gasteiger partial charge in [0.1, 0.15) is 11.8 Å². The summed E-state index contributed by atoms with van der Waals surface area (Å²) in [5.41, 5.74) is 14.1. The molecule has 4 heterocycles. The fraction of sp³-hybridized carbons (Fsp3) is 0.476. The molecule has 11 heteroatoms. The van der Waals surface area contributed by atoms with Crippen LogP contribution in [-0.2, 0) is 19.3 Å². The third-order valence-corrected chi connectivity index (χ3v) is 6.37. The van der Waals surface area contributed by atoms with Crippen molar-refractivity contribution in [3.63, 3.8) is 0 Å². The van der Waals surface area contributed by atoms with Gasteiger partial charge in [-0.2, -0.15) is 13.2 Å². The highest BCUT2D eigenvalue weighted by Gasteiger charge is 2.37. The number of likely N-dealkylation sites (tertiary alicyclic amines) is 1. The number of nitrogens with zero attached hydrogens (tertiary/aromatic N) is 6. The van der Waals surface area contributed by atoms with Crippen molar-refractivity contribution in [2.24, 2.45) is 5.73 Å². The molecule has 2 aliphatic heterocycles. The Kier molecular flexibility index (Phi) is 5.17. The molecule has 4 N–H and O–H groups in total. The van der Waals surface area contributed by atoms with Crippen molar-refractivity contribution < 1.29 is 13.2 Å². The number of halogens is 3. The summed E-state index contributed by atoms with van der Waals surface area (Å²) in [6.07, 6.45) is 0.254. The molecule has 2 fully saturated rings. The van der Waals surface area contributed by atoms with Crippen molar-refractivity contribution in [1.29, 1.82) is 0 Å². The molecule has 2 saturated heterocycles. The van der Waals surface area contributed by atoms with Crippen molar-refractivity contribution in [2.45, 2.75) is 38.1 Å². The molecule has 3 aromatic rings. The van der Waals surface area contributed by atoms with E-state index in [9.17, 15) is 13.2 Å². The highest BCUT2D eigenvalue weighted by atomic mass is 19.4. The summed E-state index contributed by atoms with van der Waals surface area (Å²) in [5.74, 6) is 0.240. The number of fused-ring (bicyclic) bond motifs is 1. The number of hydrogen-bond donors (Lipinski definition) is 2. The lowest BCUT2D eigenvalue weighted by molar-refractivity contribution is -0.138. The van der Waals surface area contributed by atoms with Crippen LogP contribution in [0.5, 0.6) is 0 Å². The van der Waals surface area contributed by atoms with Gasteiger partial charge in [0.05, 0.1) is 18.4 Å². The van der Waals surface area contributed by atoms with Gasteiger partial charge in [0, 0.05) is 36.9 Å². The largest absolute Gasteiger partial charge is 0.416 e. The van der Waals surface area contributed by atoms with Gasteiger partial charge in [0.25, 0.3) is 0 Å². The van der Waals surface area contributed by atoms with Crippen molar-refractivity contribution in [1.82, 2.24) is 24.4 Å². The third-order valence-electron chi connectivity index (χ3n) is 6.37. The molecule has 8 nitrogen and oxygen atoms in total. The van der Waals surface area contributed by atoms with Gasteiger partial charge in [0.2, 0.25) is 0 Å². The second kappa shape index (κ2) is 7.89. The van der Waals surface area contributed by atoms with Crippen LogP contribution < -0.4 is 16.4 Å². The highest BCUT2D eigenvalue weighted by Crippen LogP contribution is 2.39. The van der Waals surface area contributed by atoms with Crippen molar-refractivity contribution >= 4 is 22.7 Å². The Morgan fingerprint density at radius 3 is 2.50 bits per heavy atom. The zero-order valence-electron chi connectivity index (χ0n) is 17.5. The Morgan fingerprint density at radius 1 is 1.03 bits per heavy atom. The minimum absolute atomic E-state index is 0.00518. The predicted octanol–water partition coefficient (Wildman–Crippen LogP) is 2.22. The van der Waals surface area contributed by atoms with E-state index >= 15 is 0 Å². The van der Waals surface area contributed by atoms with E-state index in [0.29, 0.717) is 35.4 Å². The first-order valence-electron chi connectivity index (χ1n) is 10.7. The molecule has 1 aromatic carbocycles. The molecule has 1 unspecified atom stereocenters. The average molecular weight is 446 g/mol. The molecule has 170 valence electrons. The summed E-state index contributed by atoms with van der Waals surface area (Å²) in [6, 6.07) is 2.80. The maximum atomic E-state index is 14.0. The topological polar surface area (TPSA) is 102 Å². The number of benzene rings is 1. The molecule has 0 spiro atoms. The number of hydrogen-bond acceptors (Lipinski definition) is 7. The van der Waals surface area contributed by atoms with E-state index < -0.39 is 11.7 Å². The van der Waals surface area contributed by atoms with Gasteiger partial charge in [-0.1, -0.05) is 0 Å². The first-order valence-corrected chi connectivity index (χ1v) is 10.7. The lowest BCUT2D eigenvalue weighted by atomic mass is 9.96. The Balaban J connectivity index is 1.66. The van der Waals surface area contributed by atoms with Crippen LogP contribution in [0.25, 0.3) is 11.2 Å². The van der Waals surface area contributed by atoms with Crippen molar-refractivity contribution in [3.8, 4) is 0 Å². The first kappa shape index (κ1) is 21.0. The molecular weight excluding hydrogens is 421 g/mol. The Bertz CT molecular complexity index is 1140. The zero-order valence-corrected chi connectivity index (χ0v) is 17.5. The monoisotopic (exact) mass is 446 g/mol. The minimum Gasteiger partial charge on any atom is -0.382 e. The van der Waals surface area contributed by atoms with Gasteiger partial charge in [-0.3, -0.25) is 4.90 Å². The number of aromatic nitrogens is 4. The summed E-state index contributed by atoms with van der Waals surface area (Å²) in [5, 5.41) is 0. The molecular formula is C21H25F3N8. The highest BCUT2D eigenvalue weighted by molar-refractivity contribution is 5.81. The van der Waals surface area contributed by atoms with Crippen LogP contribution in [0, 0.1) is 0 Å². The van der Waals surface area contributed by atoms with E-state index in [4.69, 9.17) is 11.5 Å². The van der Waals surface area contributed by atoms with Gasteiger partial charge < -0.3 is 20.9 Å². The van der Waals surface area contributed by atoms with E-state index in [0.717, 1.165) is 31.6 Å². The molecule has 0 bridgehead atoms. The number of imidazole rings is 1. The number of alkyl halides is 3. The second-order valence-corrected chi connectivity index (χ2v) is 8.52. The molecule has 2 aromatic heterocycles. The SMILES string of the molecule is Nc1ncnc2c1ncn2Cc1c(N2CCC(N)C2)ccc(C(F)(F)F)c1CN1CCC1. The maximum absolute atomic E-state index is 14.0. The number of anilines is 2. The fourth-order valence-electron chi connectivity index (χ4n) is 4.55. The summed E-state index contributed by atoms with van der Waals surface area (Å²) in [7, 11) is 0. The van der Waals surface area contributed by atoms with Crippen molar-refractivity contribution in [3.05, 3.63) is 41.5 Å². The van der Waals surface area contributed by atoms with E-state index in [1.807, 2.05) is 4.90 Å². The van der Waals surface area contributed by atoms with E-state index in [2.05, 4.69) is 19.9 Å². The van der Waals surface area contributed by atoms with Gasteiger partial charge in [0.15, 0.2) is 11.5 Å². The Labute approximate surface area is 183 Å². The second-order valence-electron chi connectivity index (χ2n) is 8.52. The van der Waals surface area contributed by atoms with Crippen LogP contribution in [0.15, 0.2) is 24.8 Å². The van der Waals surface area contributed by atoms with Gasteiger partial charge in [-0.05, 0) is 43.6 Å². The van der Waals surface area contributed by atoms with Crippen LogP contribution in [-0.4, -0.2) is 56.6 Å². The standard InChI is InChI=1S/C21H25F3N8/c22-21(23,24)16-2-3-17(31-7-4-13(25)8-31)15(14(16)9-30-5-1-6-30)10-32-12-29-18-19(26)27-11-28-20(18)32/h2-3,11-13H,1,4-10,25H2,(H2,26,27,28). The zero-order chi connectivity index (χ0) is 22.5. The molecule has 32 heavy (non-hydrogen) atoms. The molecule has 0 radical (unpaired) electrons. The number of nitrogens with two attached hydrogens (primary N) is 2. The van der Waals surface area contributed by atoms with Crippen LogP contribution in [0.1, 0.15) is 29.5 Å². The number of rotatable bonds is 5. The van der Waals surface area contributed by atoms with Gasteiger partial charge >= 0.3 is 6.18 Å². The molecule has 1 atom stereocenters. The lowest BCUT2D eigenvalue weighted by Crippen LogP contribution is -2.37. The van der Waals surface area contributed by atoms with Gasteiger partial charge in [-0.25, -0.2) is 15.0 Å².